The van der Waals surface area contributed by atoms with Crippen molar-refractivity contribution in [2.45, 2.75) is 45.9 Å². The van der Waals surface area contributed by atoms with Gasteiger partial charge in [-0.25, -0.2) is 4.98 Å². The molecule has 86 valence electrons. The largest absolute Gasteiger partial charge is 0.373 e. The average molecular weight is 211 g/mol. The van der Waals surface area contributed by atoms with Crippen LogP contribution in [0, 0.1) is 0 Å². The Morgan fingerprint density at radius 3 is 2.87 bits per heavy atom. The van der Waals surface area contributed by atoms with Gasteiger partial charge in [0.1, 0.15) is 0 Å². The van der Waals surface area contributed by atoms with Crippen LogP contribution in [0.5, 0.6) is 0 Å². The van der Waals surface area contributed by atoms with Crippen LogP contribution in [-0.2, 0) is 17.9 Å². The van der Waals surface area contributed by atoms with E-state index < -0.39 is 0 Å². The van der Waals surface area contributed by atoms with E-state index in [1.165, 1.54) is 0 Å². The molecule has 2 N–H and O–H groups in total. The summed E-state index contributed by atoms with van der Waals surface area (Å²) in [4.78, 5) is 4.11. The minimum Gasteiger partial charge on any atom is -0.373 e. The van der Waals surface area contributed by atoms with E-state index in [2.05, 4.69) is 16.5 Å². The highest BCUT2D eigenvalue weighted by Crippen LogP contribution is 2.05. The third kappa shape index (κ3) is 4.44. The van der Waals surface area contributed by atoms with Gasteiger partial charge in [-0.05, 0) is 20.3 Å². The van der Waals surface area contributed by atoms with Crippen LogP contribution >= 0.6 is 0 Å². The molecule has 4 nitrogen and oxygen atoms in total. The number of rotatable bonds is 6. The van der Waals surface area contributed by atoms with Crippen molar-refractivity contribution in [1.82, 2.24) is 9.55 Å². The number of aryl methyl sites for hydroxylation is 1. The summed E-state index contributed by atoms with van der Waals surface area (Å²) in [5.41, 5.74) is 6.67. The summed E-state index contributed by atoms with van der Waals surface area (Å²) in [5, 5.41) is 0. The Labute approximate surface area is 91.4 Å². The van der Waals surface area contributed by atoms with Crippen molar-refractivity contribution in [3.63, 3.8) is 0 Å². The molecule has 0 saturated carbocycles. The SMILES string of the molecule is CCCn1cncc1COCC(C)(C)N. The summed E-state index contributed by atoms with van der Waals surface area (Å²) in [7, 11) is 0. The maximum Gasteiger partial charge on any atom is 0.0948 e. The van der Waals surface area contributed by atoms with E-state index in [9.17, 15) is 0 Å². The second kappa shape index (κ2) is 5.28. The fourth-order valence-corrected chi connectivity index (χ4v) is 1.33. The van der Waals surface area contributed by atoms with Crippen LogP contribution in [0.15, 0.2) is 12.5 Å². The Bertz CT molecular complexity index is 288. The van der Waals surface area contributed by atoms with Crippen molar-refractivity contribution in [3.05, 3.63) is 18.2 Å². The number of aromatic nitrogens is 2. The molecule has 0 bridgehead atoms. The molecule has 0 amide bonds. The van der Waals surface area contributed by atoms with Gasteiger partial charge in [0, 0.05) is 12.1 Å². The van der Waals surface area contributed by atoms with Gasteiger partial charge in [0.15, 0.2) is 0 Å². The molecule has 1 heterocycles. The molecule has 0 aromatic carbocycles. The molecule has 1 rings (SSSR count). The van der Waals surface area contributed by atoms with Crippen LogP contribution in [0.1, 0.15) is 32.9 Å². The van der Waals surface area contributed by atoms with Crippen molar-refractivity contribution in [3.8, 4) is 0 Å². The van der Waals surface area contributed by atoms with Crippen LogP contribution in [0.4, 0.5) is 0 Å². The van der Waals surface area contributed by atoms with Gasteiger partial charge < -0.3 is 15.0 Å². The summed E-state index contributed by atoms with van der Waals surface area (Å²) in [6.45, 7) is 8.19. The van der Waals surface area contributed by atoms with Crippen molar-refractivity contribution in [2.24, 2.45) is 5.73 Å². The van der Waals surface area contributed by atoms with Crippen molar-refractivity contribution < 1.29 is 4.74 Å². The number of imidazole rings is 1. The van der Waals surface area contributed by atoms with Gasteiger partial charge in [-0.2, -0.15) is 0 Å². The third-order valence-corrected chi connectivity index (χ3v) is 1.99. The maximum absolute atomic E-state index is 5.82. The van der Waals surface area contributed by atoms with Crippen molar-refractivity contribution in [1.29, 1.82) is 0 Å². The van der Waals surface area contributed by atoms with Crippen molar-refractivity contribution >= 4 is 0 Å². The molecule has 0 unspecified atom stereocenters. The number of nitrogens with two attached hydrogens (primary N) is 1. The molecule has 1 aromatic rings. The summed E-state index contributed by atoms with van der Waals surface area (Å²) in [6.07, 6.45) is 4.79. The number of hydrogen-bond donors (Lipinski definition) is 1. The lowest BCUT2D eigenvalue weighted by atomic mass is 10.1. The molecular formula is C11H21N3O. The monoisotopic (exact) mass is 211 g/mol. The van der Waals surface area contributed by atoms with Crippen LogP contribution in [0.2, 0.25) is 0 Å². The van der Waals surface area contributed by atoms with Gasteiger partial charge >= 0.3 is 0 Å². The molecule has 0 fully saturated rings. The first-order chi connectivity index (χ1) is 7.03. The molecule has 0 aliphatic rings. The van der Waals surface area contributed by atoms with Crippen LogP contribution in [0.3, 0.4) is 0 Å². The van der Waals surface area contributed by atoms with Gasteiger partial charge in [0.05, 0.1) is 31.4 Å². The Morgan fingerprint density at radius 1 is 1.53 bits per heavy atom. The smallest absolute Gasteiger partial charge is 0.0948 e. The van der Waals surface area contributed by atoms with E-state index in [0.717, 1.165) is 18.7 Å². The number of ether oxygens (including phenoxy) is 1. The molecule has 0 radical (unpaired) electrons. The molecular weight excluding hydrogens is 190 g/mol. The maximum atomic E-state index is 5.82. The fourth-order valence-electron chi connectivity index (χ4n) is 1.33. The highest BCUT2D eigenvalue weighted by atomic mass is 16.5. The normalized spacial score (nSPS) is 12.0. The number of nitrogens with zero attached hydrogens (tertiary/aromatic N) is 2. The molecule has 0 saturated heterocycles. The molecule has 0 aliphatic heterocycles. The predicted octanol–water partition coefficient (Wildman–Crippen LogP) is 1.55. The topological polar surface area (TPSA) is 53.1 Å². The Hall–Kier alpha value is -0.870. The zero-order valence-corrected chi connectivity index (χ0v) is 9.86. The van der Waals surface area contributed by atoms with Crippen LogP contribution < -0.4 is 5.73 Å². The summed E-state index contributed by atoms with van der Waals surface area (Å²) < 4.78 is 7.66. The molecule has 4 heteroatoms. The third-order valence-electron chi connectivity index (χ3n) is 1.99. The lowest BCUT2D eigenvalue weighted by Crippen LogP contribution is -2.37. The minimum absolute atomic E-state index is 0.268. The van der Waals surface area contributed by atoms with E-state index in [0.29, 0.717) is 13.2 Å². The predicted molar refractivity (Wildman–Crippen MR) is 60.4 cm³/mol. The number of hydrogen-bond acceptors (Lipinski definition) is 3. The Balaban J connectivity index is 2.40. The Morgan fingerprint density at radius 2 is 2.27 bits per heavy atom. The van der Waals surface area contributed by atoms with E-state index in [1.807, 2.05) is 26.4 Å². The van der Waals surface area contributed by atoms with E-state index in [4.69, 9.17) is 10.5 Å². The fraction of sp³-hybridized carbons (Fsp3) is 0.727. The molecule has 0 atom stereocenters. The average Bonchev–Trinajstić information content (AvgIpc) is 2.51. The van der Waals surface area contributed by atoms with Gasteiger partial charge in [-0.15, -0.1) is 0 Å². The summed E-state index contributed by atoms with van der Waals surface area (Å²) >= 11 is 0. The van der Waals surface area contributed by atoms with Gasteiger partial charge in [0.25, 0.3) is 0 Å². The summed E-state index contributed by atoms with van der Waals surface area (Å²) in [6, 6.07) is 0. The van der Waals surface area contributed by atoms with Gasteiger partial charge in [-0.1, -0.05) is 6.92 Å². The van der Waals surface area contributed by atoms with Gasteiger partial charge in [0.2, 0.25) is 0 Å². The first-order valence-corrected chi connectivity index (χ1v) is 5.38. The molecule has 1 aromatic heterocycles. The minimum atomic E-state index is -0.268. The highest BCUT2D eigenvalue weighted by molar-refractivity contribution is 4.96. The molecule has 0 spiro atoms. The first kappa shape index (κ1) is 12.2. The van der Waals surface area contributed by atoms with Crippen LogP contribution in [-0.4, -0.2) is 21.7 Å². The zero-order valence-electron chi connectivity index (χ0n) is 9.86. The second-order valence-electron chi connectivity index (χ2n) is 4.56. The van der Waals surface area contributed by atoms with E-state index in [1.54, 1.807) is 0 Å². The molecule has 0 aliphatic carbocycles. The quantitative estimate of drug-likeness (QED) is 0.776. The first-order valence-electron chi connectivity index (χ1n) is 5.38. The van der Waals surface area contributed by atoms with E-state index >= 15 is 0 Å². The Kier molecular flexibility index (Phi) is 4.29. The molecule has 15 heavy (non-hydrogen) atoms. The standard InChI is InChI=1S/C11H21N3O/c1-4-5-14-9-13-6-10(14)7-15-8-11(2,3)12/h6,9H,4-5,7-8,12H2,1-3H3. The van der Waals surface area contributed by atoms with E-state index in [-0.39, 0.29) is 5.54 Å². The summed E-state index contributed by atoms with van der Waals surface area (Å²) in [5.74, 6) is 0. The lowest BCUT2D eigenvalue weighted by Gasteiger charge is -2.18. The van der Waals surface area contributed by atoms with Gasteiger partial charge in [-0.3, -0.25) is 0 Å². The second-order valence-corrected chi connectivity index (χ2v) is 4.56. The van der Waals surface area contributed by atoms with Crippen molar-refractivity contribution in [2.75, 3.05) is 6.61 Å². The zero-order chi connectivity index (χ0) is 11.3. The highest BCUT2D eigenvalue weighted by Gasteiger charge is 2.11. The lowest BCUT2D eigenvalue weighted by molar-refractivity contribution is 0.0810. The van der Waals surface area contributed by atoms with Crippen LogP contribution in [0.25, 0.3) is 0 Å².